The van der Waals surface area contributed by atoms with Gasteiger partial charge in [0, 0.05) is 19.2 Å². The standard InChI is InChI=1S/C20H22FNO3/c21-18-5-1-2-6-19(18)25-15-11-16-9-12-22(13-10-16)20(23)8-7-17-4-3-14-24-17/h1-8,14,16H,9-13,15H2. The highest BCUT2D eigenvalue weighted by molar-refractivity contribution is 5.91. The summed E-state index contributed by atoms with van der Waals surface area (Å²) < 4.78 is 24.2. The van der Waals surface area contributed by atoms with E-state index in [-0.39, 0.29) is 11.7 Å². The zero-order valence-corrected chi connectivity index (χ0v) is 14.1. The van der Waals surface area contributed by atoms with Crippen molar-refractivity contribution in [1.82, 2.24) is 4.90 Å². The molecule has 0 atom stereocenters. The molecule has 4 nitrogen and oxygen atoms in total. The zero-order valence-electron chi connectivity index (χ0n) is 14.1. The number of hydrogen-bond acceptors (Lipinski definition) is 3. The fraction of sp³-hybridized carbons (Fsp3) is 0.350. The maximum atomic E-state index is 13.5. The average Bonchev–Trinajstić information content (AvgIpc) is 3.15. The molecule has 1 aliphatic heterocycles. The number of amides is 1. The average molecular weight is 343 g/mol. The van der Waals surface area contributed by atoms with Gasteiger partial charge in [-0.3, -0.25) is 4.79 Å². The van der Waals surface area contributed by atoms with Crippen LogP contribution < -0.4 is 4.74 Å². The first-order chi connectivity index (χ1) is 12.2. The summed E-state index contributed by atoms with van der Waals surface area (Å²) in [6.07, 6.45) is 7.59. The van der Waals surface area contributed by atoms with Crippen molar-refractivity contribution in [3.05, 3.63) is 60.3 Å². The topological polar surface area (TPSA) is 42.7 Å². The molecular formula is C20H22FNO3. The first-order valence-electron chi connectivity index (χ1n) is 8.60. The number of hydrogen-bond donors (Lipinski definition) is 0. The summed E-state index contributed by atoms with van der Waals surface area (Å²) in [6.45, 7) is 1.98. The molecule has 1 amide bonds. The van der Waals surface area contributed by atoms with Gasteiger partial charge in [0.2, 0.25) is 5.91 Å². The number of furan rings is 1. The van der Waals surface area contributed by atoms with E-state index in [9.17, 15) is 9.18 Å². The summed E-state index contributed by atoms with van der Waals surface area (Å²) in [5, 5.41) is 0. The second-order valence-corrected chi connectivity index (χ2v) is 6.18. The van der Waals surface area contributed by atoms with E-state index >= 15 is 0 Å². The van der Waals surface area contributed by atoms with Gasteiger partial charge in [0.1, 0.15) is 5.76 Å². The predicted molar refractivity (Wildman–Crippen MR) is 93.6 cm³/mol. The van der Waals surface area contributed by atoms with E-state index in [2.05, 4.69) is 0 Å². The molecule has 3 rings (SSSR count). The van der Waals surface area contributed by atoms with Crippen LogP contribution in [0.5, 0.6) is 5.75 Å². The molecule has 2 aromatic rings. The molecule has 0 spiro atoms. The predicted octanol–water partition coefficient (Wildman–Crippen LogP) is 4.14. The first-order valence-corrected chi connectivity index (χ1v) is 8.60. The molecular weight excluding hydrogens is 321 g/mol. The number of nitrogens with zero attached hydrogens (tertiary/aromatic N) is 1. The maximum absolute atomic E-state index is 13.5. The molecule has 1 aromatic heterocycles. The molecule has 0 unspecified atom stereocenters. The van der Waals surface area contributed by atoms with Crippen LogP contribution >= 0.6 is 0 Å². The number of halogens is 1. The van der Waals surface area contributed by atoms with Crippen molar-refractivity contribution >= 4 is 12.0 Å². The van der Waals surface area contributed by atoms with Crippen LogP contribution in [0.4, 0.5) is 4.39 Å². The minimum absolute atomic E-state index is 0.0115. The molecule has 1 fully saturated rings. The monoisotopic (exact) mass is 343 g/mol. The van der Waals surface area contributed by atoms with Crippen molar-refractivity contribution in [2.24, 2.45) is 5.92 Å². The van der Waals surface area contributed by atoms with Crippen LogP contribution in [0.15, 0.2) is 53.2 Å². The normalized spacial score (nSPS) is 15.6. The van der Waals surface area contributed by atoms with Crippen molar-refractivity contribution in [2.75, 3.05) is 19.7 Å². The van der Waals surface area contributed by atoms with Crippen LogP contribution in [0.2, 0.25) is 0 Å². The van der Waals surface area contributed by atoms with Crippen LogP contribution in [0.1, 0.15) is 25.0 Å². The molecule has 1 saturated heterocycles. The molecule has 5 heteroatoms. The van der Waals surface area contributed by atoms with E-state index in [0.29, 0.717) is 24.0 Å². The fourth-order valence-corrected chi connectivity index (χ4v) is 2.98. The summed E-state index contributed by atoms with van der Waals surface area (Å²) in [7, 11) is 0. The molecule has 132 valence electrons. The minimum Gasteiger partial charge on any atom is -0.491 e. The third kappa shape index (κ3) is 4.95. The Morgan fingerprint density at radius 1 is 1.24 bits per heavy atom. The second kappa shape index (κ2) is 8.51. The summed E-state index contributed by atoms with van der Waals surface area (Å²) in [6, 6.07) is 10.1. The lowest BCUT2D eigenvalue weighted by molar-refractivity contribution is -0.127. The molecule has 0 bridgehead atoms. The largest absolute Gasteiger partial charge is 0.491 e. The molecule has 25 heavy (non-hydrogen) atoms. The van der Waals surface area contributed by atoms with E-state index < -0.39 is 0 Å². The van der Waals surface area contributed by atoms with Crippen LogP contribution in [0, 0.1) is 11.7 Å². The van der Waals surface area contributed by atoms with Crippen molar-refractivity contribution < 1.29 is 18.3 Å². The number of ether oxygens (including phenoxy) is 1. The number of likely N-dealkylation sites (tertiary alicyclic amines) is 1. The number of rotatable bonds is 6. The Bertz CT molecular complexity index is 703. The van der Waals surface area contributed by atoms with Gasteiger partial charge in [-0.15, -0.1) is 0 Å². The van der Waals surface area contributed by atoms with Crippen molar-refractivity contribution in [3.8, 4) is 5.75 Å². The SMILES string of the molecule is O=C(C=Cc1ccco1)N1CCC(CCOc2ccccc2F)CC1. The van der Waals surface area contributed by atoms with E-state index in [1.54, 1.807) is 42.7 Å². The van der Waals surface area contributed by atoms with Gasteiger partial charge in [0.15, 0.2) is 11.6 Å². The van der Waals surface area contributed by atoms with Gasteiger partial charge < -0.3 is 14.1 Å². The minimum atomic E-state index is -0.328. The highest BCUT2D eigenvalue weighted by Gasteiger charge is 2.21. The lowest BCUT2D eigenvalue weighted by Gasteiger charge is -2.31. The number of carbonyl (C=O) groups is 1. The van der Waals surface area contributed by atoms with Gasteiger partial charge in [-0.1, -0.05) is 12.1 Å². The van der Waals surface area contributed by atoms with Gasteiger partial charge in [-0.25, -0.2) is 4.39 Å². The molecule has 2 heterocycles. The van der Waals surface area contributed by atoms with Gasteiger partial charge >= 0.3 is 0 Å². The van der Waals surface area contributed by atoms with Crippen LogP contribution in [0.25, 0.3) is 6.08 Å². The van der Waals surface area contributed by atoms with Crippen LogP contribution in [-0.2, 0) is 4.79 Å². The number of para-hydroxylation sites is 1. The number of carbonyl (C=O) groups excluding carboxylic acids is 1. The number of benzene rings is 1. The van der Waals surface area contributed by atoms with Gasteiger partial charge in [-0.05, 0) is 55.5 Å². The van der Waals surface area contributed by atoms with Gasteiger partial charge in [0.25, 0.3) is 0 Å². The summed E-state index contributed by atoms with van der Waals surface area (Å²) >= 11 is 0. The third-order valence-corrected chi connectivity index (χ3v) is 4.48. The molecule has 1 aromatic carbocycles. The van der Waals surface area contributed by atoms with Crippen molar-refractivity contribution in [1.29, 1.82) is 0 Å². The van der Waals surface area contributed by atoms with Crippen LogP contribution in [-0.4, -0.2) is 30.5 Å². The summed E-state index contributed by atoms with van der Waals surface area (Å²) in [5.74, 6) is 1.17. The fourth-order valence-electron chi connectivity index (χ4n) is 2.98. The molecule has 0 radical (unpaired) electrons. The van der Waals surface area contributed by atoms with E-state index in [1.807, 2.05) is 11.0 Å². The summed E-state index contributed by atoms with van der Waals surface area (Å²) in [4.78, 5) is 14.0. The number of piperidine rings is 1. The Morgan fingerprint density at radius 3 is 2.76 bits per heavy atom. The van der Waals surface area contributed by atoms with E-state index in [4.69, 9.17) is 9.15 Å². The van der Waals surface area contributed by atoms with Crippen molar-refractivity contribution in [3.63, 3.8) is 0 Å². The van der Waals surface area contributed by atoms with Crippen LogP contribution in [0.3, 0.4) is 0 Å². The smallest absolute Gasteiger partial charge is 0.246 e. The first kappa shape index (κ1) is 17.3. The third-order valence-electron chi connectivity index (χ3n) is 4.48. The second-order valence-electron chi connectivity index (χ2n) is 6.18. The molecule has 0 saturated carbocycles. The molecule has 0 N–H and O–H groups in total. The lowest BCUT2D eigenvalue weighted by Crippen LogP contribution is -2.37. The quantitative estimate of drug-likeness (QED) is 0.740. The van der Waals surface area contributed by atoms with E-state index in [1.165, 1.54) is 6.07 Å². The Hall–Kier alpha value is -2.56. The van der Waals surface area contributed by atoms with Gasteiger partial charge in [-0.2, -0.15) is 0 Å². The molecule has 1 aliphatic rings. The lowest BCUT2D eigenvalue weighted by atomic mass is 9.94. The van der Waals surface area contributed by atoms with E-state index in [0.717, 1.165) is 32.4 Å². The highest BCUT2D eigenvalue weighted by Crippen LogP contribution is 2.22. The Labute approximate surface area is 146 Å². The Kier molecular flexibility index (Phi) is 5.88. The summed E-state index contributed by atoms with van der Waals surface area (Å²) in [5.41, 5.74) is 0. The maximum Gasteiger partial charge on any atom is 0.246 e. The highest BCUT2D eigenvalue weighted by atomic mass is 19.1. The van der Waals surface area contributed by atoms with Crippen molar-refractivity contribution in [2.45, 2.75) is 19.3 Å². The zero-order chi connectivity index (χ0) is 17.5. The Morgan fingerprint density at radius 2 is 2.04 bits per heavy atom. The molecule has 0 aliphatic carbocycles. The van der Waals surface area contributed by atoms with Gasteiger partial charge in [0.05, 0.1) is 12.9 Å². The Balaban J connectivity index is 1.38.